The molecule has 0 spiro atoms. The van der Waals surface area contributed by atoms with Crippen LogP contribution in [0.1, 0.15) is 42.4 Å². The number of anilines is 2. The number of aryl methyl sites for hydroxylation is 2. The van der Waals surface area contributed by atoms with Gasteiger partial charge in [-0.1, -0.05) is 24.3 Å². The van der Waals surface area contributed by atoms with Gasteiger partial charge in [0.05, 0.1) is 0 Å². The number of amides is 2. The van der Waals surface area contributed by atoms with Crippen molar-refractivity contribution in [1.82, 2.24) is 0 Å². The predicted molar refractivity (Wildman–Crippen MR) is 114 cm³/mol. The first-order chi connectivity index (χ1) is 14.0. The van der Waals surface area contributed by atoms with Gasteiger partial charge < -0.3 is 15.5 Å². The number of nitrogens with two attached hydrogens (primary N) is 1. The van der Waals surface area contributed by atoms with E-state index in [2.05, 4.69) is 6.07 Å². The van der Waals surface area contributed by atoms with Gasteiger partial charge in [-0.25, -0.2) is 0 Å². The molecular weight excluding hydrogens is 364 g/mol. The molecule has 29 heavy (non-hydrogen) atoms. The average molecular weight is 390 g/mol. The fraction of sp³-hybridized carbons (Fsp3) is 0.348. The second-order valence-electron chi connectivity index (χ2n) is 7.72. The highest BCUT2D eigenvalue weighted by molar-refractivity contribution is 5.98. The van der Waals surface area contributed by atoms with Gasteiger partial charge in [0.2, 0.25) is 11.8 Å². The average Bonchev–Trinajstić information content (AvgIpc) is 3.17. The lowest BCUT2D eigenvalue weighted by atomic mass is 9.99. The van der Waals surface area contributed by atoms with Crippen molar-refractivity contribution >= 4 is 29.0 Å². The van der Waals surface area contributed by atoms with Crippen LogP contribution in [0.25, 0.3) is 0 Å². The van der Waals surface area contributed by atoms with Crippen molar-refractivity contribution in [1.29, 1.82) is 5.41 Å². The molecule has 6 heteroatoms. The molecule has 4 rings (SSSR count). The standard InChI is InChI=1S/C23H26N4O2/c24-23(25)17-8-5-16(6-9-17)7-12-22(29)27-14-1-3-18-15-19(10-11-20(18)27)26-13-2-4-21(26)28/h5-6,8-11,15H,1-4,7,12-14H2,(H3,24,25). The zero-order valence-electron chi connectivity index (χ0n) is 16.5. The normalized spacial score (nSPS) is 16.1. The van der Waals surface area contributed by atoms with Gasteiger partial charge in [0.15, 0.2) is 0 Å². The topological polar surface area (TPSA) is 90.5 Å². The van der Waals surface area contributed by atoms with Crippen LogP contribution in [0.15, 0.2) is 42.5 Å². The third-order valence-electron chi connectivity index (χ3n) is 5.76. The minimum Gasteiger partial charge on any atom is -0.384 e. The lowest BCUT2D eigenvalue weighted by Crippen LogP contribution is -2.35. The molecule has 1 saturated heterocycles. The third-order valence-corrected chi connectivity index (χ3v) is 5.76. The summed E-state index contributed by atoms with van der Waals surface area (Å²) in [6.07, 6.45) is 4.49. The van der Waals surface area contributed by atoms with Crippen LogP contribution in [0.5, 0.6) is 0 Å². The number of benzene rings is 2. The van der Waals surface area contributed by atoms with Crippen molar-refractivity contribution in [2.75, 3.05) is 22.9 Å². The first kappa shape index (κ1) is 19.2. The van der Waals surface area contributed by atoms with Gasteiger partial charge in [0, 0.05) is 42.9 Å². The van der Waals surface area contributed by atoms with E-state index in [1.54, 1.807) is 0 Å². The van der Waals surface area contributed by atoms with E-state index in [1.165, 1.54) is 0 Å². The van der Waals surface area contributed by atoms with E-state index < -0.39 is 0 Å². The number of hydrogen-bond donors (Lipinski definition) is 2. The minimum atomic E-state index is 0.0487. The molecule has 2 aromatic rings. The minimum absolute atomic E-state index is 0.0487. The molecule has 2 aliphatic rings. The number of nitrogens with zero attached hydrogens (tertiary/aromatic N) is 2. The Balaban J connectivity index is 1.45. The molecule has 2 amide bonds. The van der Waals surface area contributed by atoms with Gasteiger partial charge in [0.1, 0.15) is 5.84 Å². The highest BCUT2D eigenvalue weighted by Gasteiger charge is 2.26. The molecule has 6 nitrogen and oxygen atoms in total. The number of carbonyl (C=O) groups excluding carboxylic acids is 2. The summed E-state index contributed by atoms with van der Waals surface area (Å²) in [5, 5.41) is 7.45. The molecule has 0 aromatic heterocycles. The summed E-state index contributed by atoms with van der Waals surface area (Å²) in [6.45, 7) is 1.51. The van der Waals surface area contributed by atoms with E-state index in [1.807, 2.05) is 46.2 Å². The Kier molecular flexibility index (Phi) is 5.34. The van der Waals surface area contributed by atoms with Crippen LogP contribution in [-0.2, 0) is 22.4 Å². The maximum atomic E-state index is 12.9. The molecule has 0 aliphatic carbocycles. The molecule has 0 bridgehead atoms. The van der Waals surface area contributed by atoms with E-state index in [-0.39, 0.29) is 17.6 Å². The van der Waals surface area contributed by atoms with Gasteiger partial charge in [-0.2, -0.15) is 0 Å². The van der Waals surface area contributed by atoms with Crippen molar-refractivity contribution in [2.45, 2.75) is 38.5 Å². The van der Waals surface area contributed by atoms with Crippen LogP contribution < -0.4 is 15.5 Å². The Morgan fingerprint density at radius 1 is 1.03 bits per heavy atom. The molecule has 2 heterocycles. The summed E-state index contributed by atoms with van der Waals surface area (Å²) in [5.74, 6) is 0.351. The number of amidine groups is 1. The van der Waals surface area contributed by atoms with E-state index in [0.29, 0.717) is 24.8 Å². The van der Waals surface area contributed by atoms with Gasteiger partial charge >= 0.3 is 0 Å². The van der Waals surface area contributed by atoms with Gasteiger partial charge in [-0.05, 0) is 55.0 Å². The fourth-order valence-corrected chi connectivity index (χ4v) is 4.17. The lowest BCUT2D eigenvalue weighted by molar-refractivity contribution is -0.119. The Labute approximate surface area is 170 Å². The van der Waals surface area contributed by atoms with Crippen LogP contribution in [0.2, 0.25) is 0 Å². The molecule has 2 aliphatic heterocycles. The SMILES string of the molecule is N=C(N)c1ccc(CCC(=O)N2CCCc3cc(N4CCCC4=O)ccc32)cc1. The zero-order valence-corrected chi connectivity index (χ0v) is 16.5. The number of hydrogen-bond acceptors (Lipinski definition) is 3. The highest BCUT2D eigenvalue weighted by Crippen LogP contribution is 2.33. The van der Waals surface area contributed by atoms with Crippen LogP contribution >= 0.6 is 0 Å². The molecule has 3 N–H and O–H groups in total. The van der Waals surface area contributed by atoms with Crippen molar-refractivity contribution in [3.63, 3.8) is 0 Å². The number of nitrogen functional groups attached to an aromatic ring is 1. The second kappa shape index (κ2) is 8.07. The van der Waals surface area contributed by atoms with E-state index in [0.717, 1.165) is 54.9 Å². The number of nitrogens with one attached hydrogen (secondary N) is 1. The summed E-state index contributed by atoms with van der Waals surface area (Å²) in [7, 11) is 0. The summed E-state index contributed by atoms with van der Waals surface area (Å²) in [4.78, 5) is 28.7. The number of rotatable bonds is 5. The Bertz CT molecular complexity index is 952. The molecule has 0 unspecified atom stereocenters. The molecule has 150 valence electrons. The van der Waals surface area contributed by atoms with E-state index >= 15 is 0 Å². The Morgan fingerprint density at radius 3 is 2.48 bits per heavy atom. The van der Waals surface area contributed by atoms with Crippen molar-refractivity contribution < 1.29 is 9.59 Å². The maximum Gasteiger partial charge on any atom is 0.227 e. The van der Waals surface area contributed by atoms with E-state index in [9.17, 15) is 9.59 Å². The van der Waals surface area contributed by atoms with Crippen LogP contribution in [-0.4, -0.2) is 30.7 Å². The number of carbonyl (C=O) groups is 2. The molecular formula is C23H26N4O2. The first-order valence-corrected chi connectivity index (χ1v) is 10.2. The van der Waals surface area contributed by atoms with Gasteiger partial charge in [-0.3, -0.25) is 15.0 Å². The predicted octanol–water partition coefficient (Wildman–Crippen LogP) is 3.01. The van der Waals surface area contributed by atoms with Crippen molar-refractivity contribution in [3.8, 4) is 0 Å². The summed E-state index contributed by atoms with van der Waals surface area (Å²) < 4.78 is 0. The fourth-order valence-electron chi connectivity index (χ4n) is 4.17. The van der Waals surface area contributed by atoms with Crippen LogP contribution in [0.4, 0.5) is 11.4 Å². The second-order valence-corrected chi connectivity index (χ2v) is 7.72. The Morgan fingerprint density at radius 2 is 1.79 bits per heavy atom. The first-order valence-electron chi connectivity index (χ1n) is 10.2. The highest BCUT2D eigenvalue weighted by atomic mass is 16.2. The van der Waals surface area contributed by atoms with Crippen molar-refractivity contribution in [2.24, 2.45) is 5.73 Å². The van der Waals surface area contributed by atoms with Crippen LogP contribution in [0.3, 0.4) is 0 Å². The van der Waals surface area contributed by atoms with E-state index in [4.69, 9.17) is 11.1 Å². The Hall–Kier alpha value is -3.15. The third kappa shape index (κ3) is 4.01. The maximum absolute atomic E-state index is 12.9. The molecule has 2 aromatic carbocycles. The summed E-state index contributed by atoms with van der Waals surface area (Å²) in [6, 6.07) is 13.5. The van der Waals surface area contributed by atoms with Crippen molar-refractivity contribution in [3.05, 3.63) is 59.2 Å². The molecule has 0 saturated carbocycles. The summed E-state index contributed by atoms with van der Waals surface area (Å²) in [5.41, 5.74) is 10.3. The quantitative estimate of drug-likeness (QED) is 0.607. The van der Waals surface area contributed by atoms with Crippen LogP contribution in [0, 0.1) is 5.41 Å². The number of fused-ring (bicyclic) bond motifs is 1. The molecule has 0 radical (unpaired) electrons. The monoisotopic (exact) mass is 390 g/mol. The van der Waals surface area contributed by atoms with Gasteiger partial charge in [-0.15, -0.1) is 0 Å². The van der Waals surface area contributed by atoms with Gasteiger partial charge in [0.25, 0.3) is 0 Å². The zero-order chi connectivity index (χ0) is 20.4. The molecule has 0 atom stereocenters. The smallest absolute Gasteiger partial charge is 0.227 e. The molecule has 1 fully saturated rings. The lowest BCUT2D eigenvalue weighted by Gasteiger charge is -2.31. The largest absolute Gasteiger partial charge is 0.384 e. The summed E-state index contributed by atoms with van der Waals surface area (Å²) >= 11 is 0.